The van der Waals surface area contributed by atoms with Crippen LogP contribution in [0.25, 0.3) is 77.2 Å². The first-order valence-corrected chi connectivity index (χ1v) is 15.9. The van der Waals surface area contributed by atoms with Crippen molar-refractivity contribution in [3.63, 3.8) is 0 Å². The van der Waals surface area contributed by atoms with Gasteiger partial charge in [0.15, 0.2) is 0 Å². The third kappa shape index (κ3) is 4.14. The Kier molecular flexibility index (Phi) is 6.22. The maximum atomic E-state index is 9.81. The van der Waals surface area contributed by atoms with Crippen molar-refractivity contribution in [1.29, 1.82) is 10.5 Å². The lowest BCUT2D eigenvalue weighted by Crippen LogP contribution is -1.96. The van der Waals surface area contributed by atoms with Crippen LogP contribution in [-0.4, -0.2) is 9.13 Å². The van der Waals surface area contributed by atoms with Crippen LogP contribution in [0.1, 0.15) is 11.1 Å². The molecule has 0 spiro atoms. The quantitative estimate of drug-likeness (QED) is 0.199. The maximum Gasteiger partial charge on any atom is 0.0992 e. The first kappa shape index (κ1) is 27.4. The van der Waals surface area contributed by atoms with E-state index in [9.17, 15) is 10.5 Å². The zero-order valence-electron chi connectivity index (χ0n) is 25.8. The van der Waals surface area contributed by atoms with E-state index >= 15 is 0 Å². The summed E-state index contributed by atoms with van der Waals surface area (Å²) in [4.78, 5) is 0. The van der Waals surface area contributed by atoms with Crippen LogP contribution in [-0.2, 0) is 0 Å². The third-order valence-electron chi connectivity index (χ3n) is 9.37. The fraction of sp³-hybridized carbons (Fsp3) is 0. The third-order valence-corrected chi connectivity index (χ3v) is 9.37. The first-order chi connectivity index (χ1) is 23.7. The Morgan fingerprint density at radius 3 is 1.81 bits per heavy atom. The van der Waals surface area contributed by atoms with Gasteiger partial charge in [-0.15, -0.1) is 0 Å². The van der Waals surface area contributed by atoms with E-state index in [0.717, 1.165) is 55.4 Å². The number of hydrogen-bond donors (Lipinski definition) is 0. The van der Waals surface area contributed by atoms with E-state index < -0.39 is 0 Å². The summed E-state index contributed by atoms with van der Waals surface area (Å²) < 4.78 is 4.56. The number of fused-ring (bicyclic) bond motifs is 6. The van der Waals surface area contributed by atoms with Crippen molar-refractivity contribution in [1.82, 2.24) is 9.13 Å². The van der Waals surface area contributed by atoms with Crippen molar-refractivity contribution in [3.05, 3.63) is 169 Å². The van der Waals surface area contributed by atoms with Crippen molar-refractivity contribution in [3.8, 4) is 45.8 Å². The van der Waals surface area contributed by atoms with Gasteiger partial charge in [-0.3, -0.25) is 0 Å². The molecule has 4 nitrogen and oxygen atoms in total. The highest BCUT2D eigenvalue weighted by Crippen LogP contribution is 2.42. The van der Waals surface area contributed by atoms with E-state index in [2.05, 4.69) is 137 Å². The summed E-state index contributed by atoms with van der Waals surface area (Å²) in [7, 11) is 0. The highest BCUT2D eigenvalue weighted by molar-refractivity contribution is 6.15. The molecule has 9 aromatic rings. The molecule has 2 aromatic heterocycles. The Morgan fingerprint density at radius 2 is 0.979 bits per heavy atom. The number of benzene rings is 7. The molecule has 0 atom stereocenters. The SMILES string of the molecule is N#Cc1cccc(-n2c3ccc(C#N)cc3c3cc(-c4ccccc4-c4cccc5c6ccccc6n(-c6ccccc6)c45)ccc32)c1. The Labute approximate surface area is 277 Å². The van der Waals surface area contributed by atoms with Crippen molar-refractivity contribution >= 4 is 43.6 Å². The molecule has 0 saturated heterocycles. The first-order valence-electron chi connectivity index (χ1n) is 15.9. The number of rotatable bonds is 4. The second-order valence-electron chi connectivity index (χ2n) is 12.0. The molecule has 0 radical (unpaired) electrons. The number of hydrogen-bond acceptors (Lipinski definition) is 2. The van der Waals surface area contributed by atoms with Crippen LogP contribution in [0, 0.1) is 22.7 Å². The molecule has 222 valence electrons. The molecule has 0 N–H and O–H groups in total. The number of aromatic nitrogens is 2. The summed E-state index contributed by atoms with van der Waals surface area (Å²) in [6, 6.07) is 59.1. The van der Waals surface area contributed by atoms with Crippen LogP contribution in [0.3, 0.4) is 0 Å². The Morgan fingerprint density at radius 1 is 0.375 bits per heavy atom. The van der Waals surface area contributed by atoms with Crippen molar-refractivity contribution in [2.45, 2.75) is 0 Å². The summed E-state index contributed by atoms with van der Waals surface area (Å²) in [5.41, 5.74) is 12.1. The van der Waals surface area contributed by atoms with Gasteiger partial charge in [0, 0.05) is 38.5 Å². The molecule has 0 fully saturated rings. The molecule has 0 saturated carbocycles. The van der Waals surface area contributed by atoms with Crippen LogP contribution >= 0.6 is 0 Å². The second-order valence-corrected chi connectivity index (χ2v) is 12.0. The molecular weight excluding hydrogens is 585 g/mol. The van der Waals surface area contributed by atoms with Gasteiger partial charge < -0.3 is 9.13 Å². The average molecular weight is 611 g/mol. The lowest BCUT2D eigenvalue weighted by molar-refractivity contribution is 1.18. The molecule has 48 heavy (non-hydrogen) atoms. The predicted molar refractivity (Wildman–Crippen MR) is 195 cm³/mol. The molecule has 0 unspecified atom stereocenters. The van der Waals surface area contributed by atoms with E-state index in [1.165, 1.54) is 21.8 Å². The monoisotopic (exact) mass is 610 g/mol. The molecule has 2 heterocycles. The van der Waals surface area contributed by atoms with Gasteiger partial charge in [-0.1, -0.05) is 91.0 Å². The number of nitriles is 2. The van der Waals surface area contributed by atoms with E-state index in [4.69, 9.17) is 0 Å². The Hall–Kier alpha value is -6.88. The molecular formula is C44H26N4. The van der Waals surface area contributed by atoms with Crippen molar-refractivity contribution < 1.29 is 0 Å². The van der Waals surface area contributed by atoms with E-state index in [1.54, 1.807) is 0 Å². The van der Waals surface area contributed by atoms with Gasteiger partial charge in [0.2, 0.25) is 0 Å². The topological polar surface area (TPSA) is 57.4 Å². The zero-order chi connectivity index (χ0) is 32.2. The summed E-state index contributed by atoms with van der Waals surface area (Å²) in [5.74, 6) is 0. The minimum Gasteiger partial charge on any atom is -0.309 e. The lowest BCUT2D eigenvalue weighted by Gasteiger charge is -2.15. The number of para-hydroxylation sites is 3. The van der Waals surface area contributed by atoms with Crippen molar-refractivity contribution in [2.75, 3.05) is 0 Å². The molecule has 7 aromatic carbocycles. The molecule has 0 aliphatic heterocycles. The molecule has 0 amide bonds. The average Bonchev–Trinajstić information content (AvgIpc) is 3.67. The fourth-order valence-electron chi connectivity index (χ4n) is 7.30. The Balaban J connectivity index is 1.32. The second kappa shape index (κ2) is 10.9. The summed E-state index contributed by atoms with van der Waals surface area (Å²) in [5, 5.41) is 23.9. The fourth-order valence-corrected chi connectivity index (χ4v) is 7.30. The Bertz CT molecular complexity index is 2800. The van der Waals surface area contributed by atoms with Gasteiger partial charge >= 0.3 is 0 Å². The molecule has 0 aliphatic carbocycles. The normalized spacial score (nSPS) is 11.3. The standard InChI is InChI=1S/C44H26N4/c45-27-29-10-8-13-33(24-29)47-42-22-20-30(28-46)25-39(42)40-26-31(21-23-43(40)47)34-14-4-5-15-35(34)37-17-9-18-38-36-16-6-7-19-41(36)48(44(37)38)32-11-2-1-3-12-32/h1-26H. The van der Waals surface area contributed by atoms with Gasteiger partial charge in [-0.2, -0.15) is 10.5 Å². The van der Waals surface area contributed by atoms with Crippen LogP contribution in [0.2, 0.25) is 0 Å². The summed E-state index contributed by atoms with van der Waals surface area (Å²) in [6.07, 6.45) is 0. The highest BCUT2D eigenvalue weighted by Gasteiger charge is 2.19. The largest absolute Gasteiger partial charge is 0.309 e. The number of nitrogens with zero attached hydrogens (tertiary/aromatic N) is 4. The van der Waals surface area contributed by atoms with E-state index in [1.807, 2.05) is 42.5 Å². The van der Waals surface area contributed by atoms with Gasteiger partial charge in [-0.25, -0.2) is 0 Å². The van der Waals surface area contributed by atoms with Crippen molar-refractivity contribution in [2.24, 2.45) is 0 Å². The van der Waals surface area contributed by atoms with Gasteiger partial charge in [-0.05, 0) is 83.4 Å². The lowest BCUT2D eigenvalue weighted by atomic mass is 9.92. The highest BCUT2D eigenvalue weighted by atomic mass is 15.0. The summed E-state index contributed by atoms with van der Waals surface area (Å²) in [6.45, 7) is 0. The van der Waals surface area contributed by atoms with E-state index in [-0.39, 0.29) is 0 Å². The smallest absolute Gasteiger partial charge is 0.0992 e. The van der Waals surface area contributed by atoms with Crippen LogP contribution in [0.4, 0.5) is 0 Å². The predicted octanol–water partition coefficient (Wildman–Crippen LogP) is 11.0. The summed E-state index contributed by atoms with van der Waals surface area (Å²) >= 11 is 0. The molecule has 4 heteroatoms. The minimum absolute atomic E-state index is 0.601. The van der Waals surface area contributed by atoms with Crippen LogP contribution in [0.15, 0.2) is 158 Å². The minimum atomic E-state index is 0.601. The van der Waals surface area contributed by atoms with E-state index in [0.29, 0.717) is 11.1 Å². The van der Waals surface area contributed by atoms with Gasteiger partial charge in [0.1, 0.15) is 0 Å². The van der Waals surface area contributed by atoms with Gasteiger partial charge in [0.05, 0.1) is 45.3 Å². The zero-order valence-corrected chi connectivity index (χ0v) is 25.8. The maximum absolute atomic E-state index is 9.81. The van der Waals surface area contributed by atoms with Gasteiger partial charge in [0.25, 0.3) is 0 Å². The molecule has 0 aliphatic rings. The van der Waals surface area contributed by atoms with Crippen LogP contribution in [0.5, 0.6) is 0 Å². The van der Waals surface area contributed by atoms with Crippen LogP contribution < -0.4 is 0 Å². The molecule has 0 bridgehead atoms. The molecule has 9 rings (SSSR count).